The van der Waals surface area contributed by atoms with Crippen molar-refractivity contribution in [3.63, 3.8) is 0 Å². The molecule has 2 aromatic rings. The van der Waals surface area contributed by atoms with Crippen LogP contribution < -0.4 is 9.86 Å². The van der Waals surface area contributed by atoms with Gasteiger partial charge in [-0.15, -0.1) is 0 Å². The SMILES string of the molecule is N#Cc1ccccc1S(=O)(=O)Nc1ccc(S(N)(=O)=O)cc1. The van der Waals surface area contributed by atoms with Gasteiger partial charge in [-0.1, -0.05) is 12.1 Å². The fourth-order valence-electron chi connectivity index (χ4n) is 1.72. The monoisotopic (exact) mass is 337 g/mol. The third-order valence-electron chi connectivity index (χ3n) is 2.73. The normalized spacial score (nSPS) is 11.6. The van der Waals surface area contributed by atoms with E-state index in [-0.39, 0.29) is 21.0 Å². The Morgan fingerprint density at radius 3 is 2.09 bits per heavy atom. The van der Waals surface area contributed by atoms with E-state index < -0.39 is 20.0 Å². The molecule has 0 aliphatic heterocycles. The zero-order valence-corrected chi connectivity index (χ0v) is 12.7. The number of primary sulfonamides is 1. The summed E-state index contributed by atoms with van der Waals surface area (Å²) >= 11 is 0. The van der Waals surface area contributed by atoms with Crippen molar-refractivity contribution in [1.29, 1.82) is 5.26 Å². The number of hydrogen-bond acceptors (Lipinski definition) is 5. The summed E-state index contributed by atoms with van der Waals surface area (Å²) in [4.78, 5) is -0.291. The third kappa shape index (κ3) is 3.43. The van der Waals surface area contributed by atoms with E-state index in [0.29, 0.717) is 0 Å². The fourth-order valence-corrected chi connectivity index (χ4v) is 3.45. The van der Waals surface area contributed by atoms with Crippen molar-refractivity contribution >= 4 is 25.7 Å². The molecule has 0 saturated heterocycles. The molecule has 0 spiro atoms. The molecule has 7 nitrogen and oxygen atoms in total. The molecule has 0 bridgehead atoms. The molecule has 0 unspecified atom stereocenters. The quantitative estimate of drug-likeness (QED) is 0.859. The van der Waals surface area contributed by atoms with Crippen LogP contribution in [0.3, 0.4) is 0 Å². The molecule has 0 aliphatic rings. The smallest absolute Gasteiger partial charge is 0.263 e. The van der Waals surface area contributed by atoms with E-state index in [1.54, 1.807) is 12.1 Å². The third-order valence-corrected chi connectivity index (χ3v) is 5.10. The molecule has 2 rings (SSSR count). The van der Waals surface area contributed by atoms with E-state index in [1.165, 1.54) is 42.5 Å². The molecule has 0 aromatic heterocycles. The van der Waals surface area contributed by atoms with Gasteiger partial charge in [-0.3, -0.25) is 4.72 Å². The van der Waals surface area contributed by atoms with Crippen molar-refractivity contribution in [1.82, 2.24) is 0 Å². The lowest BCUT2D eigenvalue weighted by Gasteiger charge is -2.09. The highest BCUT2D eigenvalue weighted by molar-refractivity contribution is 7.92. The van der Waals surface area contributed by atoms with Crippen molar-refractivity contribution in [2.75, 3.05) is 4.72 Å². The van der Waals surface area contributed by atoms with Gasteiger partial charge >= 0.3 is 0 Å². The highest BCUT2D eigenvalue weighted by Crippen LogP contribution is 2.20. The molecule has 0 atom stereocenters. The molecule has 22 heavy (non-hydrogen) atoms. The number of nitrogens with one attached hydrogen (secondary N) is 1. The van der Waals surface area contributed by atoms with Crippen LogP contribution in [0, 0.1) is 11.3 Å². The molecule has 3 N–H and O–H groups in total. The maximum Gasteiger partial charge on any atom is 0.263 e. The summed E-state index contributed by atoms with van der Waals surface area (Å²) in [7, 11) is -7.80. The molecular formula is C13H11N3O4S2. The maximum atomic E-state index is 12.3. The Balaban J connectivity index is 2.36. The largest absolute Gasteiger partial charge is 0.280 e. The summed E-state index contributed by atoms with van der Waals surface area (Å²) < 4.78 is 49.1. The zero-order valence-electron chi connectivity index (χ0n) is 11.1. The molecule has 0 radical (unpaired) electrons. The van der Waals surface area contributed by atoms with Crippen molar-refractivity contribution in [2.45, 2.75) is 9.79 Å². The van der Waals surface area contributed by atoms with Crippen molar-refractivity contribution < 1.29 is 16.8 Å². The lowest BCUT2D eigenvalue weighted by molar-refractivity contribution is 0.597. The second kappa shape index (κ2) is 5.76. The molecule has 0 heterocycles. The first kappa shape index (κ1) is 16.0. The highest BCUT2D eigenvalue weighted by atomic mass is 32.2. The minimum absolute atomic E-state index is 0.0103. The van der Waals surface area contributed by atoms with Crippen LogP contribution >= 0.6 is 0 Å². The average molecular weight is 337 g/mol. The van der Waals surface area contributed by atoms with Crippen LogP contribution in [0.4, 0.5) is 5.69 Å². The predicted octanol–water partition coefficient (Wildman–Crippen LogP) is 1.01. The number of nitriles is 1. The number of benzene rings is 2. The summed E-state index contributed by atoms with van der Waals surface area (Å²) in [5.74, 6) is 0. The second-order valence-electron chi connectivity index (χ2n) is 4.28. The van der Waals surface area contributed by atoms with Crippen LogP contribution in [-0.2, 0) is 20.0 Å². The molecule has 0 aliphatic carbocycles. The van der Waals surface area contributed by atoms with Gasteiger partial charge in [0.25, 0.3) is 10.0 Å². The van der Waals surface area contributed by atoms with E-state index in [9.17, 15) is 16.8 Å². The Bertz CT molecular complexity index is 944. The Morgan fingerprint density at radius 1 is 0.955 bits per heavy atom. The van der Waals surface area contributed by atoms with E-state index in [4.69, 9.17) is 10.4 Å². The van der Waals surface area contributed by atoms with Crippen LogP contribution in [0.1, 0.15) is 5.56 Å². The number of anilines is 1. The van der Waals surface area contributed by atoms with Crippen molar-refractivity contribution in [3.05, 3.63) is 54.1 Å². The van der Waals surface area contributed by atoms with Gasteiger partial charge in [-0.05, 0) is 36.4 Å². The van der Waals surface area contributed by atoms with Gasteiger partial charge in [0.05, 0.1) is 10.5 Å². The van der Waals surface area contributed by atoms with Gasteiger partial charge in [-0.2, -0.15) is 5.26 Å². The molecule has 0 saturated carbocycles. The van der Waals surface area contributed by atoms with E-state index >= 15 is 0 Å². The van der Waals surface area contributed by atoms with Gasteiger partial charge < -0.3 is 0 Å². The maximum absolute atomic E-state index is 12.3. The molecule has 2 aromatic carbocycles. The van der Waals surface area contributed by atoms with Crippen molar-refractivity contribution in [3.8, 4) is 6.07 Å². The van der Waals surface area contributed by atoms with Gasteiger partial charge in [0, 0.05) is 5.69 Å². The molecule has 9 heteroatoms. The zero-order chi connectivity index (χ0) is 16.4. The van der Waals surface area contributed by atoms with Gasteiger partial charge in [-0.25, -0.2) is 22.0 Å². The lowest BCUT2D eigenvalue weighted by atomic mass is 10.2. The first-order valence-electron chi connectivity index (χ1n) is 5.89. The minimum atomic E-state index is -3.96. The summed E-state index contributed by atoms with van der Waals surface area (Å²) in [5.41, 5.74) is 0.163. The fraction of sp³-hybridized carbons (Fsp3) is 0. The second-order valence-corrected chi connectivity index (χ2v) is 7.50. The summed E-state index contributed by atoms with van der Waals surface area (Å²) in [6, 6.07) is 12.5. The highest BCUT2D eigenvalue weighted by Gasteiger charge is 2.18. The standard InChI is InChI=1S/C13H11N3O4S2/c14-9-10-3-1-2-4-13(10)22(19,20)16-11-5-7-12(8-6-11)21(15,17)18/h1-8,16H,(H2,15,17,18). The molecule has 0 fully saturated rings. The number of nitrogens with zero attached hydrogens (tertiary/aromatic N) is 1. The molecule has 0 amide bonds. The molecular weight excluding hydrogens is 326 g/mol. The van der Waals surface area contributed by atoms with Crippen molar-refractivity contribution in [2.24, 2.45) is 5.14 Å². The number of nitrogens with two attached hydrogens (primary N) is 1. The van der Waals surface area contributed by atoms with Gasteiger partial charge in [0.15, 0.2) is 0 Å². The Hall–Kier alpha value is -2.41. The van der Waals surface area contributed by atoms with Crippen LogP contribution in [0.25, 0.3) is 0 Å². The number of sulfonamides is 2. The van der Waals surface area contributed by atoms with E-state index in [1.807, 2.05) is 0 Å². The summed E-state index contributed by atoms with van der Waals surface area (Å²) in [6.45, 7) is 0. The Labute approximate surface area is 128 Å². The van der Waals surface area contributed by atoms with Crippen LogP contribution in [-0.4, -0.2) is 16.8 Å². The number of hydrogen-bond donors (Lipinski definition) is 2. The predicted molar refractivity (Wildman–Crippen MR) is 79.8 cm³/mol. The molecule has 114 valence electrons. The van der Waals surface area contributed by atoms with E-state index in [0.717, 1.165) is 0 Å². The Kier molecular flexibility index (Phi) is 4.18. The van der Waals surface area contributed by atoms with Crippen LogP contribution in [0.2, 0.25) is 0 Å². The lowest BCUT2D eigenvalue weighted by Crippen LogP contribution is -2.15. The Morgan fingerprint density at radius 2 is 1.55 bits per heavy atom. The van der Waals surface area contributed by atoms with Crippen LogP contribution in [0.5, 0.6) is 0 Å². The van der Waals surface area contributed by atoms with Gasteiger partial charge in [0.2, 0.25) is 10.0 Å². The van der Waals surface area contributed by atoms with Gasteiger partial charge in [0.1, 0.15) is 11.0 Å². The van der Waals surface area contributed by atoms with E-state index in [2.05, 4.69) is 4.72 Å². The summed E-state index contributed by atoms with van der Waals surface area (Å²) in [5, 5.41) is 13.9. The first-order valence-corrected chi connectivity index (χ1v) is 8.92. The van der Waals surface area contributed by atoms with Crippen LogP contribution in [0.15, 0.2) is 58.3 Å². The average Bonchev–Trinajstić information content (AvgIpc) is 2.46. The summed E-state index contributed by atoms with van der Waals surface area (Å²) in [6.07, 6.45) is 0. The first-order chi connectivity index (χ1) is 10.2. The topological polar surface area (TPSA) is 130 Å². The minimum Gasteiger partial charge on any atom is -0.280 e. The number of rotatable bonds is 4.